The number of benzene rings is 3. The number of para-hydroxylation sites is 1. The van der Waals surface area contributed by atoms with Gasteiger partial charge in [-0.05, 0) is 79.4 Å². The Morgan fingerprint density at radius 3 is 2.42 bits per heavy atom. The Morgan fingerprint density at radius 1 is 1.03 bits per heavy atom. The van der Waals surface area contributed by atoms with Crippen molar-refractivity contribution in [3.8, 4) is 5.75 Å². The highest BCUT2D eigenvalue weighted by Crippen LogP contribution is 2.35. The molecule has 0 saturated carbocycles. The highest BCUT2D eigenvalue weighted by atomic mass is 79.9. The van der Waals surface area contributed by atoms with Crippen LogP contribution in [-0.2, 0) is 6.61 Å². The summed E-state index contributed by atoms with van der Waals surface area (Å²) >= 11 is 6.92. The highest BCUT2D eigenvalue weighted by Gasteiger charge is 2.10. The van der Waals surface area contributed by atoms with Crippen LogP contribution in [0.4, 0.5) is 4.39 Å². The maximum atomic E-state index is 13.0. The van der Waals surface area contributed by atoms with E-state index >= 15 is 0 Å². The molecule has 9 heteroatoms. The van der Waals surface area contributed by atoms with Gasteiger partial charge in [0.1, 0.15) is 18.2 Å². The fourth-order valence-electron chi connectivity index (χ4n) is 2.91. The zero-order valence-electron chi connectivity index (χ0n) is 15.8. The van der Waals surface area contributed by atoms with Crippen molar-refractivity contribution in [2.75, 3.05) is 0 Å². The Hall–Kier alpha value is -3.04. The number of aromatic amines is 1. The van der Waals surface area contributed by atoms with E-state index in [2.05, 4.69) is 41.9 Å². The fourth-order valence-corrected chi connectivity index (χ4v) is 4.36. The molecule has 156 valence electrons. The monoisotopic (exact) mass is 545 g/mol. The van der Waals surface area contributed by atoms with Crippen molar-refractivity contribution in [3.63, 3.8) is 0 Å². The third-order valence-electron chi connectivity index (χ3n) is 4.42. The van der Waals surface area contributed by atoms with E-state index in [-0.39, 0.29) is 12.4 Å². The van der Waals surface area contributed by atoms with E-state index in [1.165, 1.54) is 18.3 Å². The van der Waals surface area contributed by atoms with Crippen LogP contribution in [0.2, 0.25) is 0 Å². The van der Waals surface area contributed by atoms with Crippen molar-refractivity contribution in [3.05, 3.63) is 107 Å². The second-order valence-corrected chi connectivity index (χ2v) is 8.27. The summed E-state index contributed by atoms with van der Waals surface area (Å²) in [5, 5.41) is 4.42. The van der Waals surface area contributed by atoms with E-state index in [9.17, 15) is 14.0 Å². The topological polar surface area (TPSA) is 76.5 Å². The first-order valence-electron chi connectivity index (χ1n) is 9.07. The molecule has 0 amide bonds. The summed E-state index contributed by atoms with van der Waals surface area (Å²) in [4.78, 5) is 27.4. The lowest BCUT2D eigenvalue weighted by Gasteiger charge is -2.11. The molecule has 1 heterocycles. The number of nitrogens with zero attached hydrogens (tertiary/aromatic N) is 2. The highest BCUT2D eigenvalue weighted by molar-refractivity contribution is 9.11. The van der Waals surface area contributed by atoms with Gasteiger partial charge in [0.2, 0.25) is 0 Å². The molecular formula is C22H14Br2FN3O3. The minimum Gasteiger partial charge on any atom is -0.487 e. The second kappa shape index (κ2) is 8.99. The number of H-pyrrole nitrogens is 1. The molecule has 4 aromatic rings. The first kappa shape index (κ1) is 21.2. The largest absolute Gasteiger partial charge is 0.487 e. The van der Waals surface area contributed by atoms with Crippen LogP contribution in [0.25, 0.3) is 10.9 Å². The van der Waals surface area contributed by atoms with E-state index in [4.69, 9.17) is 4.74 Å². The van der Waals surface area contributed by atoms with Crippen LogP contribution in [0.3, 0.4) is 0 Å². The van der Waals surface area contributed by atoms with E-state index in [1.54, 1.807) is 48.5 Å². The van der Waals surface area contributed by atoms with Crippen LogP contribution in [0.1, 0.15) is 11.1 Å². The van der Waals surface area contributed by atoms with E-state index in [0.717, 1.165) is 10.2 Å². The minimum absolute atomic E-state index is 0.257. The lowest BCUT2D eigenvalue weighted by atomic mass is 10.2. The van der Waals surface area contributed by atoms with Gasteiger partial charge in [-0.15, -0.1) is 4.68 Å². The van der Waals surface area contributed by atoms with Gasteiger partial charge in [-0.25, -0.2) is 9.18 Å². The van der Waals surface area contributed by atoms with Gasteiger partial charge in [0.25, 0.3) is 5.56 Å². The summed E-state index contributed by atoms with van der Waals surface area (Å²) in [6, 6.07) is 16.3. The zero-order chi connectivity index (χ0) is 22.0. The van der Waals surface area contributed by atoms with Gasteiger partial charge in [-0.3, -0.25) is 4.79 Å². The van der Waals surface area contributed by atoms with Crippen LogP contribution in [0, 0.1) is 5.82 Å². The van der Waals surface area contributed by atoms with Crippen molar-refractivity contribution < 1.29 is 9.13 Å². The maximum absolute atomic E-state index is 13.0. The average Bonchev–Trinajstić information content (AvgIpc) is 2.74. The van der Waals surface area contributed by atoms with E-state index in [1.807, 2.05) is 0 Å². The molecule has 0 bridgehead atoms. The average molecular weight is 547 g/mol. The Morgan fingerprint density at radius 2 is 1.71 bits per heavy atom. The molecule has 31 heavy (non-hydrogen) atoms. The molecule has 0 radical (unpaired) electrons. The molecule has 4 rings (SSSR count). The predicted octanol–water partition coefficient (Wildman–Crippen LogP) is 4.82. The number of halogens is 3. The van der Waals surface area contributed by atoms with Crippen molar-refractivity contribution in [2.24, 2.45) is 5.10 Å². The number of hydrogen-bond acceptors (Lipinski definition) is 4. The molecule has 0 unspecified atom stereocenters. The molecule has 0 spiro atoms. The predicted molar refractivity (Wildman–Crippen MR) is 124 cm³/mol. The lowest BCUT2D eigenvalue weighted by Crippen LogP contribution is -2.32. The Kier molecular flexibility index (Phi) is 6.15. The van der Waals surface area contributed by atoms with Crippen LogP contribution in [0.5, 0.6) is 5.75 Å². The fraction of sp³-hybridized carbons (Fsp3) is 0.0455. The Bertz CT molecular complexity index is 1390. The molecule has 1 N–H and O–H groups in total. The second-order valence-electron chi connectivity index (χ2n) is 6.57. The normalized spacial score (nSPS) is 11.3. The van der Waals surface area contributed by atoms with Crippen LogP contribution in [0.15, 0.2) is 84.3 Å². The van der Waals surface area contributed by atoms with Crippen molar-refractivity contribution >= 4 is 49.0 Å². The molecule has 0 aliphatic carbocycles. The number of fused-ring (bicyclic) bond motifs is 1. The molecule has 0 atom stereocenters. The van der Waals surface area contributed by atoms with Crippen LogP contribution >= 0.6 is 31.9 Å². The maximum Gasteiger partial charge on any atom is 0.349 e. The first-order valence-corrected chi connectivity index (χ1v) is 10.7. The number of aromatic nitrogens is 2. The number of hydrogen-bond donors (Lipinski definition) is 1. The Labute approximate surface area is 192 Å². The van der Waals surface area contributed by atoms with Gasteiger partial charge < -0.3 is 9.72 Å². The van der Waals surface area contributed by atoms with E-state index in [0.29, 0.717) is 31.2 Å². The van der Waals surface area contributed by atoms with Crippen LogP contribution < -0.4 is 16.0 Å². The third kappa shape index (κ3) is 4.67. The smallest absolute Gasteiger partial charge is 0.349 e. The van der Waals surface area contributed by atoms with Gasteiger partial charge in [0.05, 0.1) is 26.1 Å². The van der Waals surface area contributed by atoms with Crippen molar-refractivity contribution in [1.82, 2.24) is 9.66 Å². The molecule has 0 aliphatic rings. The Balaban J connectivity index is 1.59. The van der Waals surface area contributed by atoms with Crippen molar-refractivity contribution in [2.45, 2.75) is 6.61 Å². The quantitative estimate of drug-likeness (QED) is 0.365. The zero-order valence-corrected chi connectivity index (χ0v) is 19.0. The van der Waals surface area contributed by atoms with Crippen LogP contribution in [-0.4, -0.2) is 15.9 Å². The number of nitrogens with one attached hydrogen (secondary N) is 1. The SMILES string of the molecule is O=c1[nH]c2ccccc2c(=O)n1N=Cc1cc(Br)c(OCc2ccc(F)cc2)c(Br)c1. The molecule has 0 aliphatic heterocycles. The van der Waals surface area contributed by atoms with Gasteiger partial charge in [-0.2, -0.15) is 5.10 Å². The number of ether oxygens (including phenoxy) is 1. The summed E-state index contributed by atoms with van der Waals surface area (Å²) in [5.74, 6) is 0.251. The number of rotatable bonds is 5. The molecule has 1 aromatic heterocycles. The summed E-state index contributed by atoms with van der Waals surface area (Å²) in [7, 11) is 0. The molecule has 0 fully saturated rings. The van der Waals surface area contributed by atoms with Gasteiger partial charge in [-0.1, -0.05) is 24.3 Å². The van der Waals surface area contributed by atoms with E-state index < -0.39 is 11.2 Å². The summed E-state index contributed by atoms with van der Waals surface area (Å²) in [6.45, 7) is 0.257. The minimum atomic E-state index is -0.627. The third-order valence-corrected chi connectivity index (χ3v) is 5.60. The summed E-state index contributed by atoms with van der Waals surface area (Å²) in [6.07, 6.45) is 1.41. The summed E-state index contributed by atoms with van der Waals surface area (Å²) in [5.41, 5.74) is 0.774. The first-order chi connectivity index (χ1) is 14.9. The van der Waals surface area contributed by atoms with Gasteiger partial charge in [0, 0.05) is 0 Å². The molecule has 6 nitrogen and oxygen atoms in total. The lowest BCUT2D eigenvalue weighted by molar-refractivity contribution is 0.302. The van der Waals surface area contributed by atoms with Gasteiger partial charge >= 0.3 is 5.69 Å². The molecule has 3 aromatic carbocycles. The molecular weight excluding hydrogens is 533 g/mol. The standard InChI is InChI=1S/C22H14Br2FN3O3/c23-17-9-14(10-18(24)20(17)31-12-13-5-7-15(25)8-6-13)11-26-28-21(29)16-3-1-2-4-19(16)27-22(28)30/h1-11H,12H2,(H,27,30). The van der Waals surface area contributed by atoms with Crippen molar-refractivity contribution in [1.29, 1.82) is 0 Å². The summed E-state index contributed by atoms with van der Waals surface area (Å²) < 4.78 is 20.9. The molecule has 0 saturated heterocycles. The van der Waals surface area contributed by atoms with Gasteiger partial charge in [0.15, 0.2) is 0 Å².